The Morgan fingerprint density at radius 3 is 2.62 bits per heavy atom. The van der Waals surface area contributed by atoms with Gasteiger partial charge in [-0.2, -0.15) is 4.98 Å². The minimum atomic E-state index is -0.230. The van der Waals surface area contributed by atoms with Crippen LogP contribution in [0.2, 0.25) is 0 Å². The predicted octanol–water partition coefficient (Wildman–Crippen LogP) is 3.60. The highest BCUT2D eigenvalue weighted by atomic mass is 32.2. The van der Waals surface area contributed by atoms with Crippen LogP contribution in [0.25, 0.3) is 0 Å². The van der Waals surface area contributed by atoms with Gasteiger partial charge in [-0.25, -0.2) is 0 Å². The van der Waals surface area contributed by atoms with Gasteiger partial charge in [0, 0.05) is 12.2 Å². The van der Waals surface area contributed by atoms with E-state index in [1.54, 1.807) is 12.1 Å². The zero-order valence-corrected chi connectivity index (χ0v) is 16.2. The van der Waals surface area contributed by atoms with Crippen LogP contribution in [0, 0.1) is 0 Å². The Bertz CT molecular complexity index is 806. The second-order valence-corrected chi connectivity index (χ2v) is 7.02. The molecule has 2 N–H and O–H groups in total. The van der Waals surface area contributed by atoms with Crippen molar-refractivity contribution in [1.29, 1.82) is 0 Å². The monoisotopic (exact) mass is 375 g/mol. The van der Waals surface area contributed by atoms with Gasteiger partial charge in [0.25, 0.3) is 5.56 Å². The molecule has 2 rings (SSSR count). The summed E-state index contributed by atoms with van der Waals surface area (Å²) in [6.45, 7) is 6.24. The van der Waals surface area contributed by atoms with E-state index in [4.69, 9.17) is 0 Å². The predicted molar refractivity (Wildman–Crippen MR) is 105 cm³/mol. The summed E-state index contributed by atoms with van der Waals surface area (Å²) in [4.78, 5) is 29.0. The van der Waals surface area contributed by atoms with Gasteiger partial charge in [0.05, 0.1) is 11.3 Å². The van der Waals surface area contributed by atoms with Gasteiger partial charge in [0.1, 0.15) is 0 Å². The molecule has 6 nitrogen and oxygen atoms in total. The molecule has 0 aliphatic heterocycles. The standard InChI is InChI=1S/C19H25N3O3S/c1-4-9-13(3)16-17(24)21-19(22(5-2)18(16)25)26-12-15(23)20-14-10-7-6-8-11-14/h6-8,10-11,13,24H,4-5,9,12H2,1-3H3,(H,20,23). The zero-order chi connectivity index (χ0) is 19.1. The number of amides is 1. The number of rotatable bonds is 8. The van der Waals surface area contributed by atoms with Crippen molar-refractivity contribution < 1.29 is 9.90 Å². The largest absolute Gasteiger partial charge is 0.493 e. The Kier molecular flexibility index (Phi) is 7.26. The highest BCUT2D eigenvalue weighted by molar-refractivity contribution is 7.99. The van der Waals surface area contributed by atoms with Gasteiger partial charge in [-0.15, -0.1) is 0 Å². The molecule has 0 spiro atoms. The van der Waals surface area contributed by atoms with Crippen LogP contribution in [0.1, 0.15) is 45.1 Å². The average Bonchev–Trinajstić information content (AvgIpc) is 2.61. The molecule has 1 aromatic heterocycles. The number of nitrogens with one attached hydrogen (secondary N) is 1. The second kappa shape index (κ2) is 9.43. The quantitative estimate of drug-likeness (QED) is 0.544. The third-order valence-corrected chi connectivity index (χ3v) is 5.05. The van der Waals surface area contributed by atoms with Gasteiger partial charge < -0.3 is 10.4 Å². The van der Waals surface area contributed by atoms with E-state index in [1.807, 2.05) is 39.0 Å². The van der Waals surface area contributed by atoms with E-state index in [0.717, 1.165) is 24.6 Å². The van der Waals surface area contributed by atoms with Gasteiger partial charge in [0.2, 0.25) is 11.8 Å². The van der Waals surface area contributed by atoms with Crippen molar-refractivity contribution in [2.45, 2.75) is 51.2 Å². The van der Waals surface area contributed by atoms with E-state index >= 15 is 0 Å². The molecule has 1 amide bonds. The fourth-order valence-corrected chi connectivity index (χ4v) is 3.64. The van der Waals surface area contributed by atoms with E-state index in [9.17, 15) is 14.7 Å². The van der Waals surface area contributed by atoms with Gasteiger partial charge >= 0.3 is 0 Å². The van der Waals surface area contributed by atoms with E-state index < -0.39 is 0 Å². The number of hydrogen-bond donors (Lipinski definition) is 2. The van der Waals surface area contributed by atoms with Crippen molar-refractivity contribution in [3.63, 3.8) is 0 Å². The highest BCUT2D eigenvalue weighted by Gasteiger charge is 2.20. The summed E-state index contributed by atoms with van der Waals surface area (Å²) in [5.74, 6) is -0.379. The van der Waals surface area contributed by atoms with Crippen LogP contribution in [0.15, 0.2) is 40.3 Å². The van der Waals surface area contributed by atoms with Crippen molar-refractivity contribution in [3.05, 3.63) is 46.2 Å². The molecule has 1 heterocycles. The van der Waals surface area contributed by atoms with E-state index in [0.29, 0.717) is 23.0 Å². The highest BCUT2D eigenvalue weighted by Crippen LogP contribution is 2.27. The van der Waals surface area contributed by atoms with Crippen molar-refractivity contribution in [3.8, 4) is 5.88 Å². The minimum Gasteiger partial charge on any atom is -0.493 e. The number of nitrogens with zero attached hydrogens (tertiary/aromatic N) is 2. The number of aromatic hydroxyl groups is 1. The molecule has 2 aromatic rings. The van der Waals surface area contributed by atoms with Crippen molar-refractivity contribution in [2.24, 2.45) is 0 Å². The molecule has 1 atom stereocenters. The molecule has 0 saturated carbocycles. The molecule has 0 fully saturated rings. The Hall–Kier alpha value is -2.28. The summed E-state index contributed by atoms with van der Waals surface area (Å²) < 4.78 is 1.52. The van der Waals surface area contributed by atoms with Crippen LogP contribution in [0.5, 0.6) is 5.88 Å². The Balaban J connectivity index is 2.16. The third kappa shape index (κ3) is 4.88. The van der Waals surface area contributed by atoms with Crippen molar-refractivity contribution in [1.82, 2.24) is 9.55 Å². The second-order valence-electron chi connectivity index (χ2n) is 6.07. The maximum atomic E-state index is 12.7. The Morgan fingerprint density at radius 2 is 2.00 bits per heavy atom. The molecule has 1 aromatic carbocycles. The first-order valence-electron chi connectivity index (χ1n) is 8.79. The van der Waals surface area contributed by atoms with Crippen LogP contribution < -0.4 is 10.9 Å². The smallest absolute Gasteiger partial charge is 0.261 e. The van der Waals surface area contributed by atoms with Crippen LogP contribution >= 0.6 is 11.8 Å². The Labute approximate surface area is 157 Å². The van der Waals surface area contributed by atoms with Gasteiger partial charge in [-0.3, -0.25) is 14.2 Å². The average molecular weight is 375 g/mol. The number of carbonyl (C=O) groups is 1. The van der Waals surface area contributed by atoms with E-state index in [1.165, 1.54) is 4.57 Å². The molecule has 0 aliphatic carbocycles. The fourth-order valence-electron chi connectivity index (χ4n) is 2.79. The number of hydrogen-bond acceptors (Lipinski definition) is 5. The number of anilines is 1. The Morgan fingerprint density at radius 1 is 1.31 bits per heavy atom. The summed E-state index contributed by atoms with van der Waals surface area (Å²) in [5, 5.41) is 13.4. The van der Waals surface area contributed by atoms with Gasteiger partial charge in [-0.05, 0) is 31.4 Å². The molecule has 7 heteroatoms. The summed E-state index contributed by atoms with van der Waals surface area (Å²) >= 11 is 1.14. The summed E-state index contributed by atoms with van der Waals surface area (Å²) in [6.07, 6.45) is 1.72. The number of benzene rings is 1. The van der Waals surface area contributed by atoms with Gasteiger partial charge in [-0.1, -0.05) is 50.2 Å². The summed E-state index contributed by atoms with van der Waals surface area (Å²) in [7, 11) is 0. The normalized spacial score (nSPS) is 12.0. The van der Waals surface area contributed by atoms with Crippen LogP contribution in [-0.4, -0.2) is 26.3 Å². The lowest BCUT2D eigenvalue weighted by Gasteiger charge is -2.16. The molecule has 140 valence electrons. The maximum Gasteiger partial charge on any atom is 0.261 e. The number of aromatic nitrogens is 2. The lowest BCUT2D eigenvalue weighted by molar-refractivity contribution is -0.113. The first-order chi connectivity index (χ1) is 12.5. The van der Waals surface area contributed by atoms with Crippen LogP contribution in [0.3, 0.4) is 0 Å². The van der Waals surface area contributed by atoms with E-state index in [2.05, 4.69) is 10.3 Å². The van der Waals surface area contributed by atoms with Crippen LogP contribution in [0.4, 0.5) is 5.69 Å². The molecular weight excluding hydrogens is 350 g/mol. The van der Waals surface area contributed by atoms with Crippen molar-refractivity contribution in [2.75, 3.05) is 11.1 Å². The summed E-state index contributed by atoms with van der Waals surface area (Å²) in [5.41, 5.74) is 0.837. The topological polar surface area (TPSA) is 84.2 Å². The maximum absolute atomic E-state index is 12.7. The molecule has 0 saturated heterocycles. The number of para-hydroxylation sites is 1. The molecular formula is C19H25N3O3S. The lowest BCUT2D eigenvalue weighted by Crippen LogP contribution is -2.27. The first kappa shape index (κ1) is 20.0. The summed E-state index contributed by atoms with van der Waals surface area (Å²) in [6, 6.07) is 9.16. The van der Waals surface area contributed by atoms with Gasteiger partial charge in [0.15, 0.2) is 5.16 Å². The third-order valence-electron chi connectivity index (χ3n) is 4.07. The van der Waals surface area contributed by atoms with Crippen molar-refractivity contribution >= 4 is 23.4 Å². The zero-order valence-electron chi connectivity index (χ0n) is 15.4. The molecule has 26 heavy (non-hydrogen) atoms. The molecule has 1 unspecified atom stereocenters. The molecule has 0 bridgehead atoms. The molecule has 0 radical (unpaired) electrons. The lowest BCUT2D eigenvalue weighted by atomic mass is 9.98. The number of carbonyl (C=O) groups excluding carboxylic acids is 1. The molecule has 0 aliphatic rings. The fraction of sp³-hybridized carbons (Fsp3) is 0.421. The van der Waals surface area contributed by atoms with Crippen LogP contribution in [-0.2, 0) is 11.3 Å². The van der Waals surface area contributed by atoms with E-state index in [-0.39, 0.29) is 29.0 Å². The SMILES string of the molecule is CCCC(C)c1c(O)nc(SCC(=O)Nc2ccccc2)n(CC)c1=O. The number of thioether (sulfide) groups is 1. The first-order valence-corrected chi connectivity index (χ1v) is 9.77. The minimum absolute atomic E-state index is 0.0572.